The van der Waals surface area contributed by atoms with Crippen molar-refractivity contribution in [2.24, 2.45) is 0 Å². The van der Waals surface area contributed by atoms with Crippen molar-refractivity contribution in [3.05, 3.63) is 53.1 Å². The lowest BCUT2D eigenvalue weighted by molar-refractivity contribution is 0.242. The zero-order chi connectivity index (χ0) is 18.9. The topological polar surface area (TPSA) is 42.5 Å². The summed E-state index contributed by atoms with van der Waals surface area (Å²) in [6.45, 7) is 4.84. The Morgan fingerprint density at radius 3 is 2.69 bits per heavy atom. The first-order valence-corrected chi connectivity index (χ1v) is 9.40. The Kier molecular flexibility index (Phi) is 8.01. The Morgan fingerprint density at radius 2 is 2.00 bits per heavy atom. The molecule has 0 saturated carbocycles. The minimum atomic E-state index is 0.182. The molecule has 0 spiro atoms. The third-order valence-corrected chi connectivity index (χ3v) is 4.15. The summed E-state index contributed by atoms with van der Waals surface area (Å²) in [6.07, 6.45) is 2.11. The molecule has 4 nitrogen and oxygen atoms in total. The first-order chi connectivity index (χ1) is 12.5. The van der Waals surface area contributed by atoms with Gasteiger partial charge in [0.05, 0.1) is 18.2 Å². The van der Waals surface area contributed by atoms with Gasteiger partial charge in [0.2, 0.25) is 0 Å². The maximum absolute atomic E-state index is 6.11. The van der Waals surface area contributed by atoms with Crippen molar-refractivity contribution in [2.75, 3.05) is 19.0 Å². The van der Waals surface area contributed by atoms with Crippen LogP contribution in [0.15, 0.2) is 42.5 Å². The molecular formula is C20H25ClN2O2S. The van der Waals surface area contributed by atoms with E-state index in [-0.39, 0.29) is 6.10 Å². The standard InChI is InChI=1S/C20H25ClN2O2S/c1-14(2)25-17-8-4-6-15(12-17)7-5-11-22-20(26)23-16-9-10-19(24-3)18(21)13-16/h4,6,8-10,12-14H,5,7,11H2,1-3H3,(H2,22,23,26). The fraction of sp³-hybridized carbons (Fsp3) is 0.350. The van der Waals surface area contributed by atoms with Crippen molar-refractivity contribution < 1.29 is 9.47 Å². The SMILES string of the molecule is COc1ccc(NC(=S)NCCCc2cccc(OC(C)C)c2)cc1Cl. The third kappa shape index (κ3) is 6.73. The van der Waals surface area contributed by atoms with Crippen LogP contribution in [0.25, 0.3) is 0 Å². The number of anilines is 1. The molecule has 0 amide bonds. The zero-order valence-corrected chi connectivity index (χ0v) is 16.9. The van der Waals surface area contributed by atoms with Crippen LogP contribution in [0.4, 0.5) is 5.69 Å². The second-order valence-corrected chi connectivity index (χ2v) is 6.96. The summed E-state index contributed by atoms with van der Waals surface area (Å²) in [6, 6.07) is 13.7. The Balaban J connectivity index is 1.74. The first-order valence-electron chi connectivity index (χ1n) is 8.62. The minimum absolute atomic E-state index is 0.182. The highest BCUT2D eigenvalue weighted by Crippen LogP contribution is 2.27. The number of hydrogen-bond acceptors (Lipinski definition) is 3. The van der Waals surface area contributed by atoms with Crippen LogP contribution in [0.1, 0.15) is 25.8 Å². The predicted octanol–water partition coefficient (Wildman–Crippen LogP) is 5.06. The lowest BCUT2D eigenvalue weighted by atomic mass is 10.1. The van der Waals surface area contributed by atoms with Crippen LogP contribution < -0.4 is 20.1 Å². The molecule has 140 valence electrons. The second-order valence-electron chi connectivity index (χ2n) is 6.15. The molecule has 6 heteroatoms. The maximum atomic E-state index is 6.11. The van der Waals surface area contributed by atoms with Crippen molar-refractivity contribution in [1.82, 2.24) is 5.32 Å². The van der Waals surface area contributed by atoms with E-state index in [1.165, 1.54) is 5.56 Å². The van der Waals surface area contributed by atoms with Crippen molar-refractivity contribution in [2.45, 2.75) is 32.8 Å². The van der Waals surface area contributed by atoms with Crippen LogP contribution in [-0.2, 0) is 6.42 Å². The molecule has 0 radical (unpaired) electrons. The van der Waals surface area contributed by atoms with Crippen molar-refractivity contribution in [3.8, 4) is 11.5 Å². The fourth-order valence-electron chi connectivity index (χ4n) is 2.46. The van der Waals surface area contributed by atoms with Gasteiger partial charge in [-0.2, -0.15) is 0 Å². The number of thiocarbonyl (C=S) groups is 1. The molecule has 0 fully saturated rings. The molecular weight excluding hydrogens is 368 g/mol. The summed E-state index contributed by atoms with van der Waals surface area (Å²) in [5, 5.41) is 7.45. The Hall–Kier alpha value is -1.98. The number of benzene rings is 2. The molecule has 0 aliphatic rings. The largest absolute Gasteiger partial charge is 0.495 e. The van der Waals surface area contributed by atoms with Gasteiger partial charge < -0.3 is 20.1 Å². The minimum Gasteiger partial charge on any atom is -0.495 e. The van der Waals surface area contributed by atoms with Crippen molar-refractivity contribution in [3.63, 3.8) is 0 Å². The molecule has 0 saturated heterocycles. The van der Waals surface area contributed by atoms with E-state index in [9.17, 15) is 0 Å². The number of halogens is 1. The molecule has 0 atom stereocenters. The summed E-state index contributed by atoms with van der Waals surface area (Å²) >= 11 is 11.4. The van der Waals surface area contributed by atoms with Crippen LogP contribution in [-0.4, -0.2) is 24.9 Å². The highest BCUT2D eigenvalue weighted by Gasteiger charge is 2.04. The molecule has 0 heterocycles. The second kappa shape index (κ2) is 10.2. The number of rotatable bonds is 8. The Bertz CT molecular complexity index is 738. The van der Waals surface area contributed by atoms with E-state index in [1.807, 2.05) is 32.0 Å². The molecule has 0 aliphatic heterocycles. The summed E-state index contributed by atoms with van der Waals surface area (Å²) in [7, 11) is 1.59. The van der Waals surface area contributed by atoms with Gasteiger partial charge in [0.25, 0.3) is 0 Å². The van der Waals surface area contributed by atoms with Crippen LogP contribution in [0.3, 0.4) is 0 Å². The lowest BCUT2D eigenvalue weighted by Gasteiger charge is -2.12. The summed E-state index contributed by atoms with van der Waals surface area (Å²) in [4.78, 5) is 0. The van der Waals surface area contributed by atoms with Gasteiger partial charge in [-0.25, -0.2) is 0 Å². The number of aryl methyl sites for hydroxylation is 1. The number of methoxy groups -OCH3 is 1. The van der Waals surface area contributed by atoms with E-state index in [0.717, 1.165) is 30.8 Å². The van der Waals surface area contributed by atoms with E-state index in [0.29, 0.717) is 15.9 Å². The normalized spacial score (nSPS) is 10.5. The zero-order valence-electron chi connectivity index (χ0n) is 15.3. The maximum Gasteiger partial charge on any atom is 0.170 e. The molecule has 0 bridgehead atoms. The molecule has 0 unspecified atom stereocenters. The smallest absolute Gasteiger partial charge is 0.170 e. The van der Waals surface area contributed by atoms with Gasteiger partial charge in [-0.05, 0) is 74.8 Å². The monoisotopic (exact) mass is 392 g/mol. The van der Waals surface area contributed by atoms with Crippen LogP contribution in [0, 0.1) is 0 Å². The van der Waals surface area contributed by atoms with E-state index in [4.69, 9.17) is 33.3 Å². The average molecular weight is 393 g/mol. The molecule has 2 rings (SSSR count). The molecule has 0 aliphatic carbocycles. The highest BCUT2D eigenvalue weighted by atomic mass is 35.5. The van der Waals surface area contributed by atoms with Gasteiger partial charge in [0.15, 0.2) is 5.11 Å². The van der Waals surface area contributed by atoms with Crippen LogP contribution in [0.5, 0.6) is 11.5 Å². The number of nitrogens with one attached hydrogen (secondary N) is 2. The van der Waals surface area contributed by atoms with E-state index < -0.39 is 0 Å². The van der Waals surface area contributed by atoms with Gasteiger partial charge in [-0.3, -0.25) is 0 Å². The molecule has 2 aromatic rings. The van der Waals surface area contributed by atoms with E-state index in [2.05, 4.69) is 22.8 Å². The summed E-state index contributed by atoms with van der Waals surface area (Å²) in [5.41, 5.74) is 2.08. The average Bonchev–Trinajstić information content (AvgIpc) is 2.59. The van der Waals surface area contributed by atoms with Gasteiger partial charge in [-0.1, -0.05) is 23.7 Å². The summed E-state index contributed by atoms with van der Waals surface area (Å²) < 4.78 is 10.9. The fourth-order valence-corrected chi connectivity index (χ4v) is 2.94. The first kappa shape index (κ1) is 20.3. The quantitative estimate of drug-likeness (QED) is 0.485. The predicted molar refractivity (Wildman–Crippen MR) is 113 cm³/mol. The van der Waals surface area contributed by atoms with Gasteiger partial charge >= 0.3 is 0 Å². The van der Waals surface area contributed by atoms with E-state index in [1.54, 1.807) is 19.2 Å². The molecule has 2 N–H and O–H groups in total. The summed E-state index contributed by atoms with van der Waals surface area (Å²) in [5.74, 6) is 1.55. The van der Waals surface area contributed by atoms with Gasteiger partial charge in [-0.15, -0.1) is 0 Å². The molecule has 2 aromatic carbocycles. The van der Waals surface area contributed by atoms with Crippen LogP contribution >= 0.6 is 23.8 Å². The highest BCUT2D eigenvalue weighted by molar-refractivity contribution is 7.80. The molecule has 26 heavy (non-hydrogen) atoms. The Labute approximate surface area is 165 Å². The lowest BCUT2D eigenvalue weighted by Crippen LogP contribution is -2.29. The Morgan fingerprint density at radius 1 is 1.19 bits per heavy atom. The third-order valence-electron chi connectivity index (χ3n) is 3.61. The van der Waals surface area contributed by atoms with Crippen molar-refractivity contribution >= 4 is 34.6 Å². The van der Waals surface area contributed by atoms with Gasteiger partial charge in [0, 0.05) is 12.2 Å². The number of ether oxygens (including phenoxy) is 2. The number of hydrogen-bond donors (Lipinski definition) is 2. The van der Waals surface area contributed by atoms with Crippen LogP contribution in [0.2, 0.25) is 5.02 Å². The van der Waals surface area contributed by atoms with Gasteiger partial charge in [0.1, 0.15) is 11.5 Å². The molecule has 0 aromatic heterocycles. The van der Waals surface area contributed by atoms with E-state index >= 15 is 0 Å². The van der Waals surface area contributed by atoms with Crippen molar-refractivity contribution in [1.29, 1.82) is 0 Å².